The van der Waals surface area contributed by atoms with Crippen LogP contribution in [0.1, 0.15) is 46.2 Å². The highest BCUT2D eigenvalue weighted by molar-refractivity contribution is 5.72. The van der Waals surface area contributed by atoms with E-state index in [4.69, 9.17) is 4.74 Å². The van der Waals surface area contributed by atoms with Crippen LogP contribution < -0.4 is 5.32 Å². The quantitative estimate of drug-likeness (QED) is 0.828. The zero-order valence-electron chi connectivity index (χ0n) is 12.6. The fraction of sp³-hybridized carbons (Fsp3) is 0.562. The number of rotatable bonds is 5. The molecule has 0 saturated carbocycles. The molecule has 0 spiro atoms. The van der Waals surface area contributed by atoms with Crippen LogP contribution in [0.3, 0.4) is 0 Å². The van der Waals surface area contributed by atoms with E-state index >= 15 is 0 Å². The zero-order valence-corrected chi connectivity index (χ0v) is 12.6. The minimum Gasteiger partial charge on any atom is -0.460 e. The fourth-order valence-electron chi connectivity index (χ4n) is 1.70. The van der Waals surface area contributed by atoms with Gasteiger partial charge in [-0.1, -0.05) is 37.3 Å². The van der Waals surface area contributed by atoms with Crippen molar-refractivity contribution in [3.63, 3.8) is 0 Å². The lowest BCUT2D eigenvalue weighted by molar-refractivity contribution is -0.159. The van der Waals surface area contributed by atoms with Crippen LogP contribution in [-0.2, 0) is 9.53 Å². The van der Waals surface area contributed by atoms with Gasteiger partial charge in [0, 0.05) is 12.6 Å². The Morgan fingerprint density at radius 3 is 2.32 bits per heavy atom. The zero-order chi connectivity index (χ0) is 14.5. The summed E-state index contributed by atoms with van der Waals surface area (Å²) in [6.45, 7) is 10.3. The summed E-state index contributed by atoms with van der Waals surface area (Å²) in [6, 6.07) is 10.4. The van der Waals surface area contributed by atoms with Crippen molar-refractivity contribution in [1.82, 2.24) is 5.32 Å². The first kappa shape index (κ1) is 15.7. The number of benzene rings is 1. The van der Waals surface area contributed by atoms with E-state index in [0.29, 0.717) is 6.54 Å². The first-order valence-electron chi connectivity index (χ1n) is 6.81. The summed E-state index contributed by atoms with van der Waals surface area (Å²) in [7, 11) is 0. The van der Waals surface area contributed by atoms with Crippen LogP contribution in [0.4, 0.5) is 0 Å². The van der Waals surface area contributed by atoms with Gasteiger partial charge in [-0.2, -0.15) is 0 Å². The van der Waals surface area contributed by atoms with Crippen molar-refractivity contribution in [3.8, 4) is 0 Å². The number of nitrogens with one attached hydrogen (secondary N) is 1. The van der Waals surface area contributed by atoms with Gasteiger partial charge in [0.1, 0.15) is 5.60 Å². The van der Waals surface area contributed by atoms with Gasteiger partial charge in [-0.3, -0.25) is 4.79 Å². The highest BCUT2D eigenvalue weighted by Gasteiger charge is 2.21. The summed E-state index contributed by atoms with van der Waals surface area (Å²) in [5.41, 5.74) is 0.801. The Labute approximate surface area is 116 Å². The van der Waals surface area contributed by atoms with E-state index in [0.717, 1.165) is 0 Å². The number of hydrogen-bond donors (Lipinski definition) is 1. The first-order valence-corrected chi connectivity index (χ1v) is 6.81. The van der Waals surface area contributed by atoms with E-state index in [-0.39, 0.29) is 17.9 Å². The molecule has 2 atom stereocenters. The van der Waals surface area contributed by atoms with Crippen LogP contribution in [-0.4, -0.2) is 18.1 Å². The van der Waals surface area contributed by atoms with Crippen molar-refractivity contribution in [2.75, 3.05) is 6.54 Å². The second kappa shape index (κ2) is 6.71. The maximum Gasteiger partial charge on any atom is 0.310 e. The summed E-state index contributed by atoms with van der Waals surface area (Å²) < 4.78 is 5.36. The summed E-state index contributed by atoms with van der Waals surface area (Å²) in [5.74, 6) is -0.300. The second-order valence-electron chi connectivity index (χ2n) is 5.98. The predicted molar refractivity (Wildman–Crippen MR) is 77.9 cm³/mol. The molecule has 0 aliphatic carbocycles. The number of carbonyl (C=O) groups excluding carboxylic acids is 1. The van der Waals surface area contributed by atoms with Crippen LogP contribution in [0.15, 0.2) is 30.3 Å². The Morgan fingerprint density at radius 2 is 1.79 bits per heavy atom. The molecule has 1 rings (SSSR count). The molecule has 1 N–H and O–H groups in total. The SMILES string of the molecule is C[C@H](NC[C@H](C)C(=O)OC(C)(C)C)c1ccccc1. The van der Waals surface area contributed by atoms with Gasteiger partial charge < -0.3 is 10.1 Å². The van der Waals surface area contributed by atoms with E-state index in [1.807, 2.05) is 45.9 Å². The Balaban J connectivity index is 2.42. The summed E-state index contributed by atoms with van der Waals surface area (Å²) in [6.07, 6.45) is 0. The van der Waals surface area contributed by atoms with Crippen molar-refractivity contribution in [2.45, 2.75) is 46.3 Å². The van der Waals surface area contributed by atoms with Gasteiger partial charge in [-0.15, -0.1) is 0 Å². The standard InChI is InChI=1S/C16H25NO2/c1-12(15(18)19-16(3,4)5)11-17-13(2)14-9-7-6-8-10-14/h6-10,12-13,17H,11H2,1-5H3/t12-,13-/m0/s1. The number of carbonyl (C=O) groups is 1. The van der Waals surface area contributed by atoms with Gasteiger partial charge in [0.2, 0.25) is 0 Å². The molecule has 0 unspecified atom stereocenters. The molecular weight excluding hydrogens is 238 g/mol. The number of ether oxygens (including phenoxy) is 1. The Morgan fingerprint density at radius 1 is 1.21 bits per heavy atom. The van der Waals surface area contributed by atoms with E-state index < -0.39 is 5.60 Å². The maximum atomic E-state index is 11.8. The largest absolute Gasteiger partial charge is 0.460 e. The molecule has 0 aromatic heterocycles. The molecular formula is C16H25NO2. The van der Waals surface area contributed by atoms with Crippen LogP contribution in [0.25, 0.3) is 0 Å². The topological polar surface area (TPSA) is 38.3 Å². The Bertz CT molecular complexity index is 395. The highest BCUT2D eigenvalue weighted by atomic mass is 16.6. The van der Waals surface area contributed by atoms with Crippen molar-refractivity contribution >= 4 is 5.97 Å². The van der Waals surface area contributed by atoms with E-state index in [2.05, 4.69) is 24.4 Å². The molecule has 0 amide bonds. The highest BCUT2D eigenvalue weighted by Crippen LogP contribution is 2.14. The molecule has 0 radical (unpaired) electrons. The van der Waals surface area contributed by atoms with Crippen molar-refractivity contribution in [1.29, 1.82) is 0 Å². The molecule has 3 heteroatoms. The summed E-state index contributed by atoms with van der Waals surface area (Å²) in [4.78, 5) is 11.8. The van der Waals surface area contributed by atoms with E-state index in [9.17, 15) is 4.79 Å². The Kier molecular flexibility index (Phi) is 5.55. The first-order chi connectivity index (χ1) is 8.79. The molecule has 0 bridgehead atoms. The van der Waals surface area contributed by atoms with Crippen molar-refractivity contribution in [3.05, 3.63) is 35.9 Å². The molecule has 0 fully saturated rings. The minimum absolute atomic E-state index is 0.148. The summed E-state index contributed by atoms with van der Waals surface area (Å²) >= 11 is 0. The van der Waals surface area contributed by atoms with Crippen LogP contribution in [0, 0.1) is 5.92 Å². The molecule has 1 aromatic rings. The number of hydrogen-bond acceptors (Lipinski definition) is 3. The average molecular weight is 263 g/mol. The molecule has 0 saturated heterocycles. The minimum atomic E-state index is -0.420. The lowest BCUT2D eigenvalue weighted by atomic mass is 10.1. The smallest absolute Gasteiger partial charge is 0.310 e. The molecule has 3 nitrogen and oxygen atoms in total. The van der Waals surface area contributed by atoms with Gasteiger partial charge in [0.25, 0.3) is 0 Å². The van der Waals surface area contributed by atoms with Crippen LogP contribution in [0.5, 0.6) is 0 Å². The molecule has 19 heavy (non-hydrogen) atoms. The van der Waals surface area contributed by atoms with Crippen LogP contribution in [0.2, 0.25) is 0 Å². The molecule has 0 heterocycles. The van der Waals surface area contributed by atoms with Gasteiger partial charge in [0.05, 0.1) is 5.92 Å². The average Bonchev–Trinajstić information content (AvgIpc) is 2.34. The third-order valence-corrected chi connectivity index (χ3v) is 2.84. The predicted octanol–water partition coefficient (Wildman–Crippen LogP) is 3.32. The van der Waals surface area contributed by atoms with E-state index in [1.165, 1.54) is 5.56 Å². The molecule has 0 aliphatic heterocycles. The normalized spacial score (nSPS) is 14.8. The van der Waals surface area contributed by atoms with Crippen molar-refractivity contribution < 1.29 is 9.53 Å². The Hall–Kier alpha value is -1.35. The third kappa shape index (κ3) is 5.88. The summed E-state index contributed by atoms with van der Waals surface area (Å²) in [5, 5.41) is 3.36. The third-order valence-electron chi connectivity index (χ3n) is 2.84. The fourth-order valence-corrected chi connectivity index (χ4v) is 1.70. The van der Waals surface area contributed by atoms with Gasteiger partial charge in [0.15, 0.2) is 0 Å². The monoisotopic (exact) mass is 263 g/mol. The lowest BCUT2D eigenvalue weighted by Gasteiger charge is -2.23. The molecule has 0 aliphatic rings. The van der Waals surface area contributed by atoms with E-state index in [1.54, 1.807) is 0 Å². The second-order valence-corrected chi connectivity index (χ2v) is 5.98. The number of esters is 1. The van der Waals surface area contributed by atoms with Gasteiger partial charge in [-0.05, 0) is 33.3 Å². The van der Waals surface area contributed by atoms with Gasteiger partial charge in [-0.25, -0.2) is 0 Å². The van der Waals surface area contributed by atoms with Gasteiger partial charge >= 0.3 is 5.97 Å². The van der Waals surface area contributed by atoms with Crippen LogP contribution >= 0.6 is 0 Å². The van der Waals surface area contributed by atoms with Crippen molar-refractivity contribution in [2.24, 2.45) is 5.92 Å². The lowest BCUT2D eigenvalue weighted by Crippen LogP contribution is -2.33. The maximum absolute atomic E-state index is 11.8. The molecule has 1 aromatic carbocycles. The molecule has 106 valence electrons.